The van der Waals surface area contributed by atoms with E-state index in [1.807, 2.05) is 30.3 Å². The van der Waals surface area contributed by atoms with Crippen LogP contribution in [0.15, 0.2) is 30.3 Å². The lowest BCUT2D eigenvalue weighted by molar-refractivity contribution is -0.153. The molecule has 1 rings (SSSR count). The van der Waals surface area contributed by atoms with Crippen LogP contribution in [0.5, 0.6) is 0 Å². The fourth-order valence-corrected chi connectivity index (χ4v) is 1.34. The third-order valence-corrected chi connectivity index (χ3v) is 2.28. The highest BCUT2D eigenvalue weighted by Crippen LogP contribution is 2.07. The molecule has 4 nitrogen and oxygen atoms in total. The second kappa shape index (κ2) is 7.48. The van der Waals surface area contributed by atoms with Crippen molar-refractivity contribution in [2.24, 2.45) is 5.92 Å². The van der Waals surface area contributed by atoms with E-state index in [1.165, 1.54) is 0 Å². The number of carbonyl (C=O) groups is 2. The van der Waals surface area contributed by atoms with Gasteiger partial charge in [-0.25, -0.2) is 0 Å². The average Bonchev–Trinajstić information content (AvgIpc) is 2.38. The van der Waals surface area contributed by atoms with E-state index in [2.05, 4.69) is 6.92 Å². The van der Waals surface area contributed by atoms with Crippen LogP contribution >= 0.6 is 0 Å². The third kappa shape index (κ3) is 4.99. The van der Waals surface area contributed by atoms with Gasteiger partial charge in [-0.05, 0) is 19.4 Å². The van der Waals surface area contributed by atoms with Crippen LogP contribution in [0.1, 0.15) is 18.9 Å². The standard InChI is InChI=1S/C14H17O4/c1-3-17-14(16)11(2)9-13(15)18-10-12-7-5-4-6-8-12/h4-8,11H,2-3,9-10H2,1H3. The van der Waals surface area contributed by atoms with Crippen LogP contribution in [0.4, 0.5) is 0 Å². The van der Waals surface area contributed by atoms with Gasteiger partial charge in [-0.2, -0.15) is 0 Å². The largest absolute Gasteiger partial charge is 0.466 e. The zero-order valence-corrected chi connectivity index (χ0v) is 10.4. The Hall–Kier alpha value is -1.84. The molecule has 0 spiro atoms. The van der Waals surface area contributed by atoms with Crippen LogP contribution in [0.3, 0.4) is 0 Å². The van der Waals surface area contributed by atoms with Crippen LogP contribution in [0.2, 0.25) is 0 Å². The number of hydrogen-bond acceptors (Lipinski definition) is 4. The van der Waals surface area contributed by atoms with Crippen molar-refractivity contribution in [1.29, 1.82) is 0 Å². The van der Waals surface area contributed by atoms with Crippen molar-refractivity contribution in [3.63, 3.8) is 0 Å². The van der Waals surface area contributed by atoms with E-state index in [0.29, 0.717) is 0 Å². The molecule has 18 heavy (non-hydrogen) atoms. The van der Waals surface area contributed by atoms with Gasteiger partial charge < -0.3 is 9.47 Å². The van der Waals surface area contributed by atoms with Crippen LogP contribution in [0, 0.1) is 12.8 Å². The first-order valence-electron chi connectivity index (χ1n) is 5.82. The summed E-state index contributed by atoms with van der Waals surface area (Å²) in [5, 5.41) is 0. The highest BCUT2D eigenvalue weighted by atomic mass is 16.5. The van der Waals surface area contributed by atoms with Crippen LogP contribution in [0.25, 0.3) is 0 Å². The van der Waals surface area contributed by atoms with Crippen LogP contribution in [-0.4, -0.2) is 18.5 Å². The summed E-state index contributed by atoms with van der Waals surface area (Å²) in [5.41, 5.74) is 0.905. The molecule has 1 atom stereocenters. The minimum Gasteiger partial charge on any atom is -0.466 e. The molecule has 4 heteroatoms. The number of benzene rings is 1. The zero-order valence-electron chi connectivity index (χ0n) is 10.4. The van der Waals surface area contributed by atoms with E-state index in [4.69, 9.17) is 9.47 Å². The summed E-state index contributed by atoms with van der Waals surface area (Å²) in [7, 11) is 0. The summed E-state index contributed by atoms with van der Waals surface area (Å²) in [4.78, 5) is 22.7. The first kappa shape index (κ1) is 14.2. The van der Waals surface area contributed by atoms with Crippen LogP contribution < -0.4 is 0 Å². The molecule has 0 aliphatic heterocycles. The van der Waals surface area contributed by atoms with Crippen molar-refractivity contribution in [2.75, 3.05) is 6.61 Å². The average molecular weight is 249 g/mol. The number of hydrogen-bond donors (Lipinski definition) is 0. The molecule has 0 aromatic heterocycles. The van der Waals surface area contributed by atoms with Crippen molar-refractivity contribution in [2.45, 2.75) is 20.0 Å². The van der Waals surface area contributed by atoms with Gasteiger partial charge in [0.25, 0.3) is 0 Å². The Balaban J connectivity index is 2.31. The topological polar surface area (TPSA) is 52.6 Å². The van der Waals surface area contributed by atoms with Gasteiger partial charge in [0.1, 0.15) is 6.61 Å². The Kier molecular flexibility index (Phi) is 5.91. The Morgan fingerprint density at radius 3 is 2.50 bits per heavy atom. The molecule has 1 radical (unpaired) electrons. The van der Waals surface area contributed by atoms with E-state index in [9.17, 15) is 9.59 Å². The molecule has 97 valence electrons. The summed E-state index contributed by atoms with van der Waals surface area (Å²) < 4.78 is 9.80. The van der Waals surface area contributed by atoms with Gasteiger partial charge in [0.15, 0.2) is 0 Å². The second-order valence-corrected chi connectivity index (χ2v) is 3.80. The molecule has 1 aromatic carbocycles. The molecule has 0 aliphatic carbocycles. The highest BCUT2D eigenvalue weighted by Gasteiger charge is 2.18. The fraction of sp³-hybridized carbons (Fsp3) is 0.357. The molecule has 0 saturated heterocycles. The second-order valence-electron chi connectivity index (χ2n) is 3.80. The van der Waals surface area contributed by atoms with Gasteiger partial charge >= 0.3 is 11.9 Å². The summed E-state index contributed by atoms with van der Waals surface area (Å²) >= 11 is 0. The maximum atomic E-state index is 11.5. The minimum atomic E-state index is -0.715. The van der Waals surface area contributed by atoms with E-state index in [0.717, 1.165) is 5.56 Å². The Morgan fingerprint density at radius 1 is 1.22 bits per heavy atom. The van der Waals surface area contributed by atoms with Gasteiger partial charge in [-0.15, -0.1) is 0 Å². The Labute approximate surface area is 107 Å². The number of ether oxygens (including phenoxy) is 2. The van der Waals surface area contributed by atoms with Gasteiger partial charge in [-0.3, -0.25) is 9.59 Å². The maximum Gasteiger partial charge on any atom is 0.309 e. The van der Waals surface area contributed by atoms with Crippen molar-refractivity contribution in [3.8, 4) is 0 Å². The van der Waals surface area contributed by atoms with E-state index < -0.39 is 17.9 Å². The Bertz CT molecular complexity index is 386. The molecule has 1 aromatic rings. The van der Waals surface area contributed by atoms with E-state index in [-0.39, 0.29) is 19.6 Å². The van der Waals surface area contributed by atoms with Crippen molar-refractivity contribution >= 4 is 11.9 Å². The quantitative estimate of drug-likeness (QED) is 0.725. The number of esters is 2. The summed E-state index contributed by atoms with van der Waals surface area (Å²) in [6, 6.07) is 9.34. The molecule has 0 fully saturated rings. The first-order chi connectivity index (χ1) is 8.63. The number of carbonyl (C=O) groups excluding carboxylic acids is 2. The molecule has 0 N–H and O–H groups in total. The van der Waals surface area contributed by atoms with Gasteiger partial charge in [0.05, 0.1) is 18.9 Å². The zero-order chi connectivity index (χ0) is 13.4. The predicted molar refractivity (Wildman–Crippen MR) is 66.3 cm³/mol. The molecule has 0 bridgehead atoms. The molecule has 0 saturated carbocycles. The molecular formula is C14H17O4. The molecular weight excluding hydrogens is 232 g/mol. The SMILES string of the molecule is [CH2]C(CC(=O)OCc1ccccc1)C(=O)OCC. The third-order valence-electron chi connectivity index (χ3n) is 2.28. The van der Waals surface area contributed by atoms with Crippen molar-refractivity contribution in [3.05, 3.63) is 42.8 Å². The lowest BCUT2D eigenvalue weighted by Gasteiger charge is -2.10. The molecule has 0 amide bonds. The normalized spacial score (nSPS) is 11.7. The number of rotatable bonds is 6. The summed E-state index contributed by atoms with van der Waals surface area (Å²) in [6.45, 7) is 5.77. The molecule has 0 aliphatic rings. The van der Waals surface area contributed by atoms with Gasteiger partial charge in [-0.1, -0.05) is 30.3 Å². The lowest BCUT2D eigenvalue weighted by atomic mass is 10.1. The summed E-state index contributed by atoms with van der Waals surface area (Å²) in [6.07, 6.45) is -0.0638. The smallest absolute Gasteiger partial charge is 0.309 e. The fourth-order valence-electron chi connectivity index (χ4n) is 1.34. The maximum absolute atomic E-state index is 11.5. The summed E-state index contributed by atoms with van der Waals surface area (Å²) in [5.74, 6) is -1.64. The van der Waals surface area contributed by atoms with Crippen LogP contribution in [-0.2, 0) is 25.7 Å². The minimum absolute atomic E-state index is 0.0638. The van der Waals surface area contributed by atoms with E-state index in [1.54, 1.807) is 6.92 Å². The van der Waals surface area contributed by atoms with Gasteiger partial charge in [0.2, 0.25) is 0 Å². The highest BCUT2D eigenvalue weighted by molar-refractivity contribution is 5.80. The van der Waals surface area contributed by atoms with Crippen molar-refractivity contribution in [1.82, 2.24) is 0 Å². The van der Waals surface area contributed by atoms with E-state index >= 15 is 0 Å². The molecule has 0 heterocycles. The Morgan fingerprint density at radius 2 is 1.89 bits per heavy atom. The first-order valence-corrected chi connectivity index (χ1v) is 5.82. The van der Waals surface area contributed by atoms with Gasteiger partial charge in [0, 0.05) is 0 Å². The molecule has 1 unspecified atom stereocenters. The lowest BCUT2D eigenvalue weighted by Crippen LogP contribution is -2.19. The monoisotopic (exact) mass is 249 g/mol. The van der Waals surface area contributed by atoms with Crippen molar-refractivity contribution < 1.29 is 19.1 Å². The predicted octanol–water partition coefficient (Wildman–Crippen LogP) is 2.13.